The lowest BCUT2D eigenvalue weighted by Gasteiger charge is -2.22. The van der Waals surface area contributed by atoms with Gasteiger partial charge in [0.05, 0.1) is 18.5 Å². The van der Waals surface area contributed by atoms with Crippen LogP contribution >= 0.6 is 0 Å². The van der Waals surface area contributed by atoms with Gasteiger partial charge < -0.3 is 9.32 Å². The summed E-state index contributed by atoms with van der Waals surface area (Å²) in [5.74, 6) is 0.592. The fourth-order valence-electron chi connectivity index (χ4n) is 2.75. The lowest BCUT2D eigenvalue weighted by molar-refractivity contribution is 0.0717. The maximum Gasteiger partial charge on any atom is 0.254 e. The highest BCUT2D eigenvalue weighted by molar-refractivity contribution is 5.94. The van der Waals surface area contributed by atoms with Gasteiger partial charge in [0.15, 0.2) is 0 Å². The van der Waals surface area contributed by atoms with Gasteiger partial charge in [0.25, 0.3) is 5.91 Å². The average molecular weight is 360 g/mol. The highest BCUT2D eigenvalue weighted by atomic mass is 16.3. The van der Waals surface area contributed by atoms with Crippen LogP contribution < -0.4 is 0 Å². The smallest absolute Gasteiger partial charge is 0.254 e. The molecule has 134 valence electrons. The van der Waals surface area contributed by atoms with E-state index in [-0.39, 0.29) is 5.91 Å². The monoisotopic (exact) mass is 360 g/mol. The fourth-order valence-corrected chi connectivity index (χ4v) is 2.75. The molecule has 27 heavy (non-hydrogen) atoms. The number of carbonyl (C=O) groups excluding carboxylic acids is 1. The van der Waals surface area contributed by atoms with Crippen LogP contribution in [0.3, 0.4) is 0 Å². The number of pyridine rings is 1. The molecule has 0 aliphatic heterocycles. The van der Waals surface area contributed by atoms with E-state index >= 15 is 0 Å². The van der Waals surface area contributed by atoms with Crippen molar-refractivity contribution in [2.24, 2.45) is 0 Å². The van der Waals surface area contributed by atoms with Gasteiger partial charge in [-0.25, -0.2) is 4.68 Å². The minimum absolute atomic E-state index is 0.120. The first kappa shape index (κ1) is 16.6. The summed E-state index contributed by atoms with van der Waals surface area (Å²) in [5, 5.41) is 11.1. The van der Waals surface area contributed by atoms with Crippen molar-refractivity contribution in [1.82, 2.24) is 30.1 Å². The second-order valence-electron chi connectivity index (χ2n) is 5.91. The zero-order valence-corrected chi connectivity index (χ0v) is 14.3. The van der Waals surface area contributed by atoms with Gasteiger partial charge in [0, 0.05) is 24.5 Å². The molecule has 0 aliphatic rings. The van der Waals surface area contributed by atoms with Crippen LogP contribution in [-0.2, 0) is 13.1 Å². The molecule has 3 aromatic heterocycles. The number of aromatic nitrogens is 5. The zero-order chi connectivity index (χ0) is 18.5. The Kier molecular flexibility index (Phi) is 4.69. The Morgan fingerprint density at radius 2 is 2.07 bits per heavy atom. The van der Waals surface area contributed by atoms with Gasteiger partial charge in [0.1, 0.15) is 12.1 Å². The Morgan fingerprint density at radius 3 is 2.81 bits per heavy atom. The van der Waals surface area contributed by atoms with Crippen LogP contribution in [0.2, 0.25) is 0 Å². The lowest BCUT2D eigenvalue weighted by atomic mass is 10.1. The minimum atomic E-state index is -0.120. The topological polar surface area (TPSA) is 89.9 Å². The molecule has 8 heteroatoms. The van der Waals surface area contributed by atoms with Crippen LogP contribution in [0.5, 0.6) is 0 Å². The number of rotatable bonds is 6. The average Bonchev–Trinajstić information content (AvgIpc) is 3.42. The van der Waals surface area contributed by atoms with Crippen molar-refractivity contribution in [2.45, 2.75) is 13.1 Å². The second kappa shape index (κ2) is 7.61. The van der Waals surface area contributed by atoms with Gasteiger partial charge >= 0.3 is 0 Å². The van der Waals surface area contributed by atoms with Crippen molar-refractivity contribution < 1.29 is 9.21 Å². The summed E-state index contributed by atoms with van der Waals surface area (Å²) in [5.41, 5.74) is 2.19. The second-order valence-corrected chi connectivity index (χ2v) is 5.91. The normalized spacial score (nSPS) is 10.7. The first-order valence-corrected chi connectivity index (χ1v) is 8.33. The highest BCUT2D eigenvalue weighted by Crippen LogP contribution is 2.16. The zero-order valence-electron chi connectivity index (χ0n) is 14.3. The van der Waals surface area contributed by atoms with E-state index in [1.165, 1.54) is 11.0 Å². The Bertz CT molecular complexity index is 1000. The van der Waals surface area contributed by atoms with E-state index < -0.39 is 0 Å². The van der Waals surface area contributed by atoms with Crippen molar-refractivity contribution in [2.75, 3.05) is 0 Å². The van der Waals surface area contributed by atoms with E-state index in [1.54, 1.807) is 47.8 Å². The Hall–Kier alpha value is -3.81. The molecule has 8 nitrogen and oxygen atoms in total. The van der Waals surface area contributed by atoms with E-state index in [0.717, 1.165) is 5.56 Å². The standard InChI is InChI=1S/C19H16N6O2/c26-19(16-5-1-6-17(10-16)25-14-21-22-23-25)24(13-18-7-3-9-27-18)12-15-4-2-8-20-11-15/h1-11,14H,12-13H2. The maximum atomic E-state index is 13.2. The maximum absolute atomic E-state index is 13.2. The minimum Gasteiger partial charge on any atom is -0.467 e. The van der Waals surface area contributed by atoms with Crippen molar-refractivity contribution >= 4 is 5.91 Å². The number of benzene rings is 1. The van der Waals surface area contributed by atoms with E-state index in [2.05, 4.69) is 20.5 Å². The molecule has 0 fully saturated rings. The molecule has 0 spiro atoms. The first-order valence-electron chi connectivity index (χ1n) is 8.33. The number of amides is 1. The summed E-state index contributed by atoms with van der Waals surface area (Å²) in [6, 6.07) is 14.6. The molecule has 3 heterocycles. The summed E-state index contributed by atoms with van der Waals surface area (Å²) in [6.07, 6.45) is 6.54. The molecule has 0 bridgehead atoms. The number of carbonyl (C=O) groups is 1. The van der Waals surface area contributed by atoms with Gasteiger partial charge in [-0.15, -0.1) is 5.10 Å². The molecule has 1 aromatic carbocycles. The number of hydrogen-bond donors (Lipinski definition) is 0. The van der Waals surface area contributed by atoms with Crippen LogP contribution in [-0.4, -0.2) is 36.0 Å². The Labute approximate surface area is 155 Å². The number of nitrogens with zero attached hydrogens (tertiary/aromatic N) is 6. The molecule has 0 saturated heterocycles. The molecule has 4 aromatic rings. The molecular weight excluding hydrogens is 344 g/mol. The number of furan rings is 1. The Balaban J connectivity index is 1.62. The summed E-state index contributed by atoms with van der Waals surface area (Å²) < 4.78 is 6.94. The van der Waals surface area contributed by atoms with Gasteiger partial charge in [-0.3, -0.25) is 9.78 Å². The van der Waals surface area contributed by atoms with Crippen molar-refractivity contribution in [3.05, 3.63) is 90.4 Å². The van der Waals surface area contributed by atoms with E-state index in [1.807, 2.05) is 24.3 Å². The largest absolute Gasteiger partial charge is 0.467 e. The van der Waals surface area contributed by atoms with Gasteiger partial charge in [0.2, 0.25) is 0 Å². The predicted octanol–water partition coefficient (Wildman–Crippen LogP) is 2.49. The molecule has 0 radical (unpaired) electrons. The van der Waals surface area contributed by atoms with Crippen molar-refractivity contribution in [1.29, 1.82) is 0 Å². The van der Waals surface area contributed by atoms with Crippen LogP contribution in [0.15, 0.2) is 77.9 Å². The predicted molar refractivity (Wildman–Crippen MR) is 95.7 cm³/mol. The van der Waals surface area contributed by atoms with Gasteiger partial charge in [-0.1, -0.05) is 12.1 Å². The summed E-state index contributed by atoms with van der Waals surface area (Å²) in [4.78, 5) is 19.0. The van der Waals surface area contributed by atoms with E-state index in [4.69, 9.17) is 4.42 Å². The third-order valence-corrected chi connectivity index (χ3v) is 4.02. The van der Waals surface area contributed by atoms with Crippen LogP contribution in [0.4, 0.5) is 0 Å². The van der Waals surface area contributed by atoms with Crippen LogP contribution in [0, 0.1) is 0 Å². The summed E-state index contributed by atoms with van der Waals surface area (Å²) >= 11 is 0. The third-order valence-electron chi connectivity index (χ3n) is 4.02. The summed E-state index contributed by atoms with van der Waals surface area (Å²) in [6.45, 7) is 0.776. The van der Waals surface area contributed by atoms with Crippen LogP contribution in [0.1, 0.15) is 21.7 Å². The molecule has 0 aliphatic carbocycles. The van der Waals surface area contributed by atoms with Crippen LogP contribution in [0.25, 0.3) is 5.69 Å². The van der Waals surface area contributed by atoms with E-state index in [9.17, 15) is 4.79 Å². The molecule has 1 amide bonds. The third kappa shape index (κ3) is 3.90. The molecule has 0 unspecified atom stereocenters. The lowest BCUT2D eigenvalue weighted by Crippen LogP contribution is -2.30. The quantitative estimate of drug-likeness (QED) is 0.525. The molecule has 0 atom stereocenters. The van der Waals surface area contributed by atoms with Crippen molar-refractivity contribution in [3.8, 4) is 5.69 Å². The molecule has 4 rings (SSSR count). The SMILES string of the molecule is O=C(c1cccc(-n2cnnn2)c1)N(Cc1cccnc1)Cc1ccco1. The number of hydrogen-bond acceptors (Lipinski definition) is 6. The Morgan fingerprint density at radius 1 is 1.11 bits per heavy atom. The summed E-state index contributed by atoms with van der Waals surface area (Å²) in [7, 11) is 0. The fraction of sp³-hybridized carbons (Fsp3) is 0.105. The number of tetrazole rings is 1. The highest BCUT2D eigenvalue weighted by Gasteiger charge is 2.18. The molecule has 0 saturated carbocycles. The van der Waals surface area contributed by atoms with Gasteiger partial charge in [-0.05, 0) is 52.4 Å². The van der Waals surface area contributed by atoms with Crippen molar-refractivity contribution in [3.63, 3.8) is 0 Å². The molecular formula is C19H16N6O2. The van der Waals surface area contributed by atoms with E-state index in [0.29, 0.717) is 30.1 Å². The molecule has 0 N–H and O–H groups in total. The first-order chi connectivity index (χ1) is 13.3. The van der Waals surface area contributed by atoms with Gasteiger partial charge in [-0.2, -0.15) is 0 Å².